The molecule has 1 fully saturated rings. The average molecular weight is 278 g/mol. The SMILES string of the molecule is O=C(O)CN1C(=O)NC2(CCc3cc(F)ccc32)C1=O. The van der Waals surface area contributed by atoms with Crippen molar-refractivity contribution in [2.75, 3.05) is 6.54 Å². The molecule has 2 N–H and O–H groups in total. The normalized spacial score (nSPS) is 24.1. The van der Waals surface area contributed by atoms with E-state index in [2.05, 4.69) is 5.32 Å². The lowest BCUT2D eigenvalue weighted by molar-refractivity contribution is -0.142. The molecule has 3 rings (SSSR count). The fourth-order valence-electron chi connectivity index (χ4n) is 2.90. The summed E-state index contributed by atoms with van der Waals surface area (Å²) in [6.07, 6.45) is 0.770. The van der Waals surface area contributed by atoms with Crippen molar-refractivity contribution in [1.29, 1.82) is 0 Å². The van der Waals surface area contributed by atoms with Crippen molar-refractivity contribution in [3.8, 4) is 0 Å². The second-order valence-corrected chi connectivity index (χ2v) is 4.92. The first kappa shape index (κ1) is 12.6. The fourth-order valence-corrected chi connectivity index (χ4v) is 2.90. The molecule has 0 radical (unpaired) electrons. The van der Waals surface area contributed by atoms with E-state index in [1.165, 1.54) is 18.2 Å². The number of imide groups is 1. The maximum Gasteiger partial charge on any atom is 0.325 e. The van der Waals surface area contributed by atoms with E-state index < -0.39 is 35.8 Å². The van der Waals surface area contributed by atoms with Crippen LogP contribution in [0.4, 0.5) is 9.18 Å². The van der Waals surface area contributed by atoms with E-state index in [4.69, 9.17) is 5.11 Å². The van der Waals surface area contributed by atoms with Gasteiger partial charge in [0.15, 0.2) is 0 Å². The summed E-state index contributed by atoms with van der Waals surface area (Å²) in [5, 5.41) is 11.3. The molecule has 1 aliphatic carbocycles. The number of carboxylic acid groups (broad SMARTS) is 1. The van der Waals surface area contributed by atoms with Gasteiger partial charge in [0.05, 0.1) is 0 Å². The van der Waals surface area contributed by atoms with E-state index >= 15 is 0 Å². The Bertz CT molecular complexity index is 645. The first-order valence-corrected chi connectivity index (χ1v) is 6.09. The van der Waals surface area contributed by atoms with Gasteiger partial charge in [-0.15, -0.1) is 0 Å². The Morgan fingerprint density at radius 3 is 2.90 bits per heavy atom. The number of halogens is 1. The van der Waals surface area contributed by atoms with Crippen molar-refractivity contribution in [1.82, 2.24) is 10.2 Å². The third-order valence-corrected chi connectivity index (χ3v) is 3.77. The van der Waals surface area contributed by atoms with Crippen LogP contribution in [0.25, 0.3) is 0 Å². The Morgan fingerprint density at radius 1 is 1.45 bits per heavy atom. The number of carbonyl (C=O) groups excluding carboxylic acids is 2. The maximum atomic E-state index is 13.2. The zero-order chi connectivity index (χ0) is 14.5. The first-order valence-electron chi connectivity index (χ1n) is 6.09. The van der Waals surface area contributed by atoms with Gasteiger partial charge in [-0.1, -0.05) is 6.07 Å². The number of hydrogen-bond donors (Lipinski definition) is 2. The summed E-state index contributed by atoms with van der Waals surface area (Å²) in [7, 11) is 0. The van der Waals surface area contributed by atoms with E-state index in [9.17, 15) is 18.8 Å². The van der Waals surface area contributed by atoms with E-state index in [0.717, 1.165) is 0 Å². The van der Waals surface area contributed by atoms with Crippen LogP contribution in [-0.4, -0.2) is 34.5 Å². The third-order valence-electron chi connectivity index (χ3n) is 3.77. The molecule has 1 spiro atoms. The summed E-state index contributed by atoms with van der Waals surface area (Å²) in [4.78, 5) is 35.6. The minimum absolute atomic E-state index is 0.312. The smallest absolute Gasteiger partial charge is 0.325 e. The number of amides is 3. The highest BCUT2D eigenvalue weighted by Crippen LogP contribution is 2.41. The molecule has 2 aliphatic rings. The molecule has 1 atom stereocenters. The van der Waals surface area contributed by atoms with Crippen LogP contribution in [0, 0.1) is 5.82 Å². The number of fused-ring (bicyclic) bond motifs is 2. The molecule has 104 valence electrons. The van der Waals surface area contributed by atoms with Gasteiger partial charge in [-0.05, 0) is 36.1 Å². The number of carboxylic acids is 1. The number of aliphatic carboxylic acids is 1. The molecule has 0 aromatic heterocycles. The van der Waals surface area contributed by atoms with E-state index in [1.807, 2.05) is 0 Å². The standard InChI is InChI=1S/C13H11FN2O4/c14-8-1-2-9-7(5-8)3-4-13(9)11(19)16(6-10(17)18)12(20)15-13/h1-2,5H,3-4,6H2,(H,15,20)(H,17,18). The second-order valence-electron chi connectivity index (χ2n) is 4.92. The minimum atomic E-state index is -1.26. The van der Waals surface area contributed by atoms with Crippen LogP contribution in [0.3, 0.4) is 0 Å². The zero-order valence-electron chi connectivity index (χ0n) is 10.4. The molecular weight excluding hydrogens is 267 g/mol. The van der Waals surface area contributed by atoms with E-state index in [-0.39, 0.29) is 0 Å². The van der Waals surface area contributed by atoms with Crippen LogP contribution >= 0.6 is 0 Å². The van der Waals surface area contributed by atoms with Crippen LogP contribution in [0.5, 0.6) is 0 Å². The molecule has 1 heterocycles. The number of urea groups is 1. The Balaban J connectivity index is 2.03. The van der Waals surface area contributed by atoms with Crippen molar-refractivity contribution < 1.29 is 23.9 Å². The summed E-state index contributed by atoms with van der Waals surface area (Å²) >= 11 is 0. The average Bonchev–Trinajstić information content (AvgIpc) is 2.84. The monoisotopic (exact) mass is 278 g/mol. The van der Waals surface area contributed by atoms with E-state index in [1.54, 1.807) is 0 Å². The highest BCUT2D eigenvalue weighted by Gasteiger charge is 2.55. The van der Waals surface area contributed by atoms with Crippen LogP contribution in [0.15, 0.2) is 18.2 Å². The van der Waals surface area contributed by atoms with Gasteiger partial charge in [0.1, 0.15) is 17.9 Å². The van der Waals surface area contributed by atoms with Gasteiger partial charge in [0.25, 0.3) is 5.91 Å². The number of carbonyl (C=O) groups is 3. The molecular formula is C13H11FN2O4. The van der Waals surface area contributed by atoms with Gasteiger partial charge in [0, 0.05) is 0 Å². The summed E-state index contributed by atoms with van der Waals surface area (Å²) < 4.78 is 13.2. The predicted octanol–water partition coefficient (Wildman–Crippen LogP) is 0.604. The maximum absolute atomic E-state index is 13.2. The number of benzene rings is 1. The fraction of sp³-hybridized carbons (Fsp3) is 0.308. The van der Waals surface area contributed by atoms with Crippen molar-refractivity contribution in [2.24, 2.45) is 0 Å². The lowest BCUT2D eigenvalue weighted by Crippen LogP contribution is -2.42. The number of nitrogens with zero attached hydrogens (tertiary/aromatic N) is 1. The molecule has 1 aliphatic heterocycles. The summed E-state index contributed by atoms with van der Waals surface area (Å²) in [5.41, 5.74) is -0.0313. The quantitative estimate of drug-likeness (QED) is 0.776. The number of aryl methyl sites for hydroxylation is 1. The summed E-state index contributed by atoms with van der Waals surface area (Å²) in [5.74, 6) is -2.25. The Hall–Kier alpha value is -2.44. The summed E-state index contributed by atoms with van der Waals surface area (Å²) in [6.45, 7) is -0.678. The molecule has 1 unspecified atom stereocenters. The van der Waals surface area contributed by atoms with Gasteiger partial charge in [0.2, 0.25) is 0 Å². The Labute approximate surface area is 113 Å². The molecule has 20 heavy (non-hydrogen) atoms. The van der Waals surface area contributed by atoms with Gasteiger partial charge in [-0.25, -0.2) is 9.18 Å². The molecule has 1 saturated heterocycles. The van der Waals surface area contributed by atoms with Crippen molar-refractivity contribution in [3.05, 3.63) is 35.1 Å². The molecule has 1 aromatic rings. The highest BCUT2D eigenvalue weighted by molar-refractivity contribution is 6.09. The first-order chi connectivity index (χ1) is 9.44. The van der Waals surface area contributed by atoms with Gasteiger partial charge in [-0.3, -0.25) is 14.5 Å². The molecule has 7 heteroatoms. The van der Waals surface area contributed by atoms with Gasteiger partial charge >= 0.3 is 12.0 Å². The van der Waals surface area contributed by atoms with Crippen molar-refractivity contribution in [3.63, 3.8) is 0 Å². The van der Waals surface area contributed by atoms with Gasteiger partial charge < -0.3 is 10.4 Å². The Morgan fingerprint density at radius 2 is 2.20 bits per heavy atom. The number of nitrogens with one attached hydrogen (secondary N) is 1. The van der Waals surface area contributed by atoms with Crippen LogP contribution in [0.1, 0.15) is 17.5 Å². The largest absolute Gasteiger partial charge is 0.480 e. The van der Waals surface area contributed by atoms with E-state index in [0.29, 0.717) is 28.9 Å². The minimum Gasteiger partial charge on any atom is -0.480 e. The number of hydrogen-bond acceptors (Lipinski definition) is 3. The zero-order valence-corrected chi connectivity index (χ0v) is 10.4. The second kappa shape index (κ2) is 4.03. The number of rotatable bonds is 2. The topological polar surface area (TPSA) is 86.7 Å². The molecule has 0 saturated carbocycles. The van der Waals surface area contributed by atoms with Gasteiger partial charge in [-0.2, -0.15) is 0 Å². The van der Waals surface area contributed by atoms with Crippen LogP contribution in [-0.2, 0) is 21.5 Å². The third kappa shape index (κ3) is 1.59. The predicted molar refractivity (Wildman–Crippen MR) is 64.3 cm³/mol. The molecule has 3 amide bonds. The lowest BCUT2D eigenvalue weighted by atomic mass is 9.92. The lowest BCUT2D eigenvalue weighted by Gasteiger charge is -2.21. The molecule has 1 aromatic carbocycles. The van der Waals surface area contributed by atoms with Crippen LogP contribution < -0.4 is 5.32 Å². The molecule has 0 bridgehead atoms. The highest BCUT2D eigenvalue weighted by atomic mass is 19.1. The molecule has 6 nitrogen and oxygen atoms in total. The summed E-state index contributed by atoms with van der Waals surface area (Å²) in [6, 6.07) is 3.31. The van der Waals surface area contributed by atoms with Crippen LogP contribution in [0.2, 0.25) is 0 Å². The van der Waals surface area contributed by atoms with Crippen molar-refractivity contribution >= 4 is 17.9 Å². The Kier molecular flexibility index (Phi) is 2.53. The van der Waals surface area contributed by atoms with Crippen molar-refractivity contribution in [2.45, 2.75) is 18.4 Å².